The quantitative estimate of drug-likeness (QED) is 0.586. The first kappa shape index (κ1) is 19.5. The molecule has 0 saturated heterocycles. The van der Waals surface area contributed by atoms with Gasteiger partial charge in [0.05, 0.1) is 0 Å². The zero-order chi connectivity index (χ0) is 16.4. The van der Waals surface area contributed by atoms with E-state index in [0.29, 0.717) is 5.33 Å². The number of rotatable bonds is 4. The minimum absolute atomic E-state index is 0.220. The molecule has 0 aromatic heterocycles. The Labute approximate surface area is 121 Å². The zero-order valence-corrected chi connectivity index (χ0v) is 12.7. The van der Waals surface area contributed by atoms with E-state index in [9.17, 15) is 31.1 Å². The highest BCUT2D eigenvalue weighted by molar-refractivity contribution is 9.09. The Bertz CT molecular complexity index is 319. The minimum atomic E-state index is -5.67. The van der Waals surface area contributed by atoms with Gasteiger partial charge in [0.2, 0.25) is 11.8 Å². The van der Waals surface area contributed by atoms with Gasteiger partial charge < -0.3 is 5.32 Å². The molecule has 1 unspecified atom stereocenters. The number of amides is 1. The summed E-state index contributed by atoms with van der Waals surface area (Å²) in [5.74, 6) is -6.07. The fraction of sp³-hybridized carbons (Fsp3) is 0.909. The highest BCUT2D eigenvalue weighted by Crippen LogP contribution is 2.39. The number of halogens is 7. The predicted molar refractivity (Wildman–Crippen MR) is 65.4 cm³/mol. The topological polar surface area (TPSA) is 29.1 Å². The molecule has 20 heavy (non-hydrogen) atoms. The molecule has 0 aliphatic heterocycles. The molecule has 0 aromatic carbocycles. The summed E-state index contributed by atoms with van der Waals surface area (Å²) in [6.45, 7) is 4.87. The van der Waals surface area contributed by atoms with Gasteiger partial charge in [-0.25, -0.2) is 0 Å². The summed E-state index contributed by atoms with van der Waals surface area (Å²) in [7, 11) is 0. The molecule has 0 fully saturated rings. The lowest BCUT2D eigenvalue weighted by atomic mass is 9.85. The number of alkyl halides is 7. The van der Waals surface area contributed by atoms with Gasteiger partial charge in [-0.2, -0.15) is 26.3 Å². The van der Waals surface area contributed by atoms with E-state index in [-0.39, 0.29) is 6.42 Å². The number of hydrogen-bond acceptors (Lipinski definition) is 1. The highest BCUT2D eigenvalue weighted by atomic mass is 79.9. The van der Waals surface area contributed by atoms with Crippen molar-refractivity contribution in [3.8, 4) is 0 Å². The van der Waals surface area contributed by atoms with E-state index in [1.807, 2.05) is 5.32 Å². The van der Waals surface area contributed by atoms with Crippen LogP contribution in [0.4, 0.5) is 26.3 Å². The van der Waals surface area contributed by atoms with Crippen LogP contribution in [0.2, 0.25) is 0 Å². The van der Waals surface area contributed by atoms with E-state index >= 15 is 0 Å². The van der Waals surface area contributed by atoms with Crippen LogP contribution in [-0.2, 0) is 4.79 Å². The van der Waals surface area contributed by atoms with Crippen molar-refractivity contribution in [3.05, 3.63) is 0 Å². The predicted octanol–water partition coefficient (Wildman–Crippen LogP) is 4.04. The van der Waals surface area contributed by atoms with Gasteiger partial charge >= 0.3 is 12.4 Å². The summed E-state index contributed by atoms with van der Waals surface area (Å²) < 4.78 is 74.5. The van der Waals surface area contributed by atoms with Crippen molar-refractivity contribution >= 4 is 21.8 Å². The maximum Gasteiger partial charge on any atom is 0.409 e. The van der Waals surface area contributed by atoms with Crippen LogP contribution in [0.1, 0.15) is 27.2 Å². The van der Waals surface area contributed by atoms with Crippen LogP contribution < -0.4 is 5.32 Å². The van der Waals surface area contributed by atoms with Gasteiger partial charge in [0.15, 0.2) is 0 Å². The molecule has 9 heteroatoms. The van der Waals surface area contributed by atoms with Crippen molar-refractivity contribution in [2.75, 3.05) is 5.33 Å². The summed E-state index contributed by atoms with van der Waals surface area (Å²) in [6.07, 6.45) is -11.1. The number of carbonyl (C=O) groups excluding carboxylic acids is 1. The molecule has 0 rings (SSSR count). The van der Waals surface area contributed by atoms with Gasteiger partial charge in [-0.3, -0.25) is 4.79 Å². The molecule has 0 heterocycles. The summed E-state index contributed by atoms with van der Waals surface area (Å²) >= 11 is 3.05. The van der Waals surface area contributed by atoms with Crippen molar-refractivity contribution in [1.82, 2.24) is 5.32 Å². The molecule has 2 nitrogen and oxygen atoms in total. The Morgan fingerprint density at radius 3 is 1.70 bits per heavy atom. The lowest BCUT2D eigenvalue weighted by Gasteiger charge is -2.33. The Morgan fingerprint density at radius 2 is 1.45 bits per heavy atom. The molecular weight excluding hydrogens is 356 g/mol. The number of hydrogen-bond donors (Lipinski definition) is 1. The second kappa shape index (κ2) is 6.53. The smallest absolute Gasteiger partial charge is 0.352 e. The first-order chi connectivity index (χ1) is 8.71. The average Bonchev–Trinajstić information content (AvgIpc) is 2.10. The van der Waals surface area contributed by atoms with Crippen LogP contribution in [0.15, 0.2) is 0 Å². The number of nitrogens with one attached hydrogen (secondary N) is 1. The normalized spacial score (nSPS) is 15.3. The van der Waals surface area contributed by atoms with Gasteiger partial charge in [0, 0.05) is 11.4 Å². The molecule has 120 valence electrons. The summed E-state index contributed by atoms with van der Waals surface area (Å²) in [5.41, 5.74) is -0.662. The second-order valence-corrected chi connectivity index (χ2v) is 6.21. The monoisotopic (exact) mass is 371 g/mol. The molecule has 0 saturated carbocycles. The molecule has 0 radical (unpaired) electrons. The van der Waals surface area contributed by atoms with Gasteiger partial charge in [0.1, 0.15) is 0 Å². The van der Waals surface area contributed by atoms with E-state index in [1.54, 1.807) is 20.8 Å². The second-order valence-electron chi connectivity index (χ2n) is 5.42. The molecule has 0 aliphatic rings. The lowest BCUT2D eigenvalue weighted by Crippen LogP contribution is -2.53. The fourth-order valence-corrected chi connectivity index (χ4v) is 2.03. The maximum atomic E-state index is 12.4. The van der Waals surface area contributed by atoms with E-state index in [2.05, 4.69) is 15.9 Å². The molecule has 0 aromatic rings. The van der Waals surface area contributed by atoms with Crippen LogP contribution in [0, 0.1) is 11.3 Å². The Morgan fingerprint density at radius 1 is 1.05 bits per heavy atom. The van der Waals surface area contributed by atoms with Crippen molar-refractivity contribution < 1.29 is 31.1 Å². The zero-order valence-electron chi connectivity index (χ0n) is 11.1. The molecule has 1 atom stereocenters. The summed E-state index contributed by atoms with van der Waals surface area (Å²) in [6, 6.07) is -0.804. The maximum absolute atomic E-state index is 12.4. The Kier molecular flexibility index (Phi) is 6.38. The van der Waals surface area contributed by atoms with Crippen LogP contribution in [0.25, 0.3) is 0 Å². The third kappa shape index (κ3) is 5.88. The fourth-order valence-electron chi connectivity index (χ4n) is 1.57. The SMILES string of the molecule is CC(C)(C)C(CCBr)NC(=O)C(C(F)(F)F)C(F)(F)F. The molecular formula is C11H16BrF6NO. The average molecular weight is 372 g/mol. The van der Waals surface area contributed by atoms with Gasteiger partial charge in [-0.05, 0) is 11.8 Å². The first-order valence-corrected chi connectivity index (χ1v) is 6.83. The standard InChI is InChI=1S/C11H16BrF6NO/c1-9(2,3)6(4-5-12)19-8(20)7(10(13,14)15)11(16,17)18/h6-7H,4-5H2,1-3H3,(H,19,20). The third-order valence-corrected chi connectivity index (χ3v) is 3.13. The molecule has 1 N–H and O–H groups in total. The van der Waals surface area contributed by atoms with Gasteiger partial charge in [-0.1, -0.05) is 36.7 Å². The van der Waals surface area contributed by atoms with E-state index in [0.717, 1.165) is 0 Å². The Hall–Kier alpha value is -0.470. The van der Waals surface area contributed by atoms with Crippen LogP contribution in [0.3, 0.4) is 0 Å². The summed E-state index contributed by atoms with van der Waals surface area (Å²) in [4.78, 5) is 11.4. The first-order valence-electron chi connectivity index (χ1n) is 5.71. The van der Waals surface area contributed by atoms with Crippen molar-refractivity contribution in [3.63, 3.8) is 0 Å². The Balaban J connectivity index is 5.20. The van der Waals surface area contributed by atoms with Crippen LogP contribution >= 0.6 is 15.9 Å². The van der Waals surface area contributed by atoms with Crippen molar-refractivity contribution in [2.24, 2.45) is 11.3 Å². The molecule has 0 aliphatic carbocycles. The van der Waals surface area contributed by atoms with E-state index < -0.39 is 35.6 Å². The lowest BCUT2D eigenvalue weighted by molar-refractivity contribution is -0.274. The molecule has 1 amide bonds. The van der Waals surface area contributed by atoms with Gasteiger partial charge in [0.25, 0.3) is 0 Å². The highest BCUT2D eigenvalue weighted by Gasteiger charge is 2.61. The van der Waals surface area contributed by atoms with Crippen molar-refractivity contribution in [1.29, 1.82) is 0 Å². The van der Waals surface area contributed by atoms with Crippen LogP contribution in [-0.4, -0.2) is 29.6 Å². The summed E-state index contributed by atoms with van der Waals surface area (Å²) in [5, 5.41) is 2.21. The van der Waals surface area contributed by atoms with Crippen molar-refractivity contribution in [2.45, 2.75) is 45.6 Å². The van der Waals surface area contributed by atoms with E-state index in [1.165, 1.54) is 0 Å². The van der Waals surface area contributed by atoms with Gasteiger partial charge in [-0.15, -0.1) is 0 Å². The van der Waals surface area contributed by atoms with E-state index in [4.69, 9.17) is 0 Å². The minimum Gasteiger partial charge on any atom is -0.352 e. The third-order valence-electron chi connectivity index (χ3n) is 2.68. The molecule has 0 spiro atoms. The molecule has 0 bridgehead atoms. The largest absolute Gasteiger partial charge is 0.409 e. The number of carbonyl (C=O) groups is 1. The van der Waals surface area contributed by atoms with Crippen LogP contribution in [0.5, 0.6) is 0 Å².